The number of ether oxygens (including phenoxy) is 1. The van der Waals surface area contributed by atoms with Gasteiger partial charge < -0.3 is 10.5 Å². The molecule has 1 aromatic carbocycles. The number of para-hydroxylation sites is 1. The van der Waals surface area contributed by atoms with Gasteiger partial charge in [0.2, 0.25) is 5.88 Å². The second-order valence-electron chi connectivity index (χ2n) is 3.26. The Morgan fingerprint density at radius 2 is 2.00 bits per heavy atom. The fourth-order valence-electron chi connectivity index (χ4n) is 1.33. The number of nitrogens with two attached hydrogens (primary N) is 1. The van der Waals surface area contributed by atoms with Gasteiger partial charge in [0.1, 0.15) is 0 Å². The molecule has 2 N–H and O–H groups in total. The molecule has 1 aromatic heterocycles. The van der Waals surface area contributed by atoms with Crippen molar-refractivity contribution in [3.05, 3.63) is 48.2 Å². The summed E-state index contributed by atoms with van der Waals surface area (Å²) in [5.74, 6) is 1.23. The number of pyridine rings is 1. The van der Waals surface area contributed by atoms with Crippen molar-refractivity contribution in [2.24, 2.45) is 0 Å². The van der Waals surface area contributed by atoms with Crippen molar-refractivity contribution >= 4 is 5.69 Å². The number of rotatable bonds is 2. The third kappa shape index (κ3) is 2.07. The van der Waals surface area contributed by atoms with E-state index in [2.05, 4.69) is 4.98 Å². The first kappa shape index (κ1) is 9.52. The van der Waals surface area contributed by atoms with Gasteiger partial charge in [0.15, 0.2) is 5.75 Å². The molecule has 0 spiro atoms. The largest absolute Gasteiger partial charge is 0.437 e. The van der Waals surface area contributed by atoms with E-state index >= 15 is 0 Å². The van der Waals surface area contributed by atoms with Gasteiger partial charge in [0.05, 0.1) is 5.69 Å². The van der Waals surface area contributed by atoms with Crippen molar-refractivity contribution in [1.82, 2.24) is 4.98 Å². The van der Waals surface area contributed by atoms with Crippen molar-refractivity contribution in [3.8, 4) is 11.6 Å². The predicted molar refractivity (Wildman–Crippen MR) is 59.9 cm³/mol. The monoisotopic (exact) mass is 200 g/mol. The first-order valence-corrected chi connectivity index (χ1v) is 4.71. The maximum atomic E-state index is 5.82. The van der Waals surface area contributed by atoms with Gasteiger partial charge in [0.25, 0.3) is 0 Å². The van der Waals surface area contributed by atoms with E-state index in [-0.39, 0.29) is 0 Å². The lowest BCUT2D eigenvalue weighted by Gasteiger charge is -2.09. The minimum absolute atomic E-state index is 0.554. The lowest BCUT2D eigenvalue weighted by molar-refractivity contribution is 0.462. The van der Waals surface area contributed by atoms with Gasteiger partial charge in [-0.25, -0.2) is 4.98 Å². The summed E-state index contributed by atoms with van der Waals surface area (Å²) < 4.78 is 5.60. The molecule has 3 nitrogen and oxygen atoms in total. The van der Waals surface area contributed by atoms with Crippen LogP contribution in [0.3, 0.4) is 0 Å². The Morgan fingerprint density at radius 3 is 2.67 bits per heavy atom. The molecule has 0 fully saturated rings. The normalized spacial score (nSPS) is 9.93. The van der Waals surface area contributed by atoms with Gasteiger partial charge in [-0.2, -0.15) is 0 Å². The molecule has 0 unspecified atom stereocenters. The zero-order valence-corrected chi connectivity index (χ0v) is 8.47. The number of nitrogens with zero attached hydrogens (tertiary/aromatic N) is 1. The summed E-state index contributed by atoms with van der Waals surface area (Å²) in [6, 6.07) is 11.2. The molecule has 0 radical (unpaired) electrons. The molecule has 0 aliphatic carbocycles. The zero-order valence-electron chi connectivity index (χ0n) is 8.47. The number of aromatic nitrogens is 1. The van der Waals surface area contributed by atoms with E-state index in [1.807, 2.05) is 37.3 Å². The summed E-state index contributed by atoms with van der Waals surface area (Å²) in [6.45, 7) is 1.95. The van der Waals surface area contributed by atoms with Crippen LogP contribution in [0.1, 0.15) is 5.56 Å². The first-order valence-electron chi connectivity index (χ1n) is 4.71. The Balaban J connectivity index is 2.32. The number of nitrogen functional groups attached to an aromatic ring is 1. The maximum Gasteiger partial charge on any atom is 0.219 e. The second-order valence-corrected chi connectivity index (χ2v) is 3.26. The van der Waals surface area contributed by atoms with Crippen molar-refractivity contribution in [1.29, 1.82) is 0 Å². The molecule has 0 amide bonds. The number of hydrogen-bond acceptors (Lipinski definition) is 3. The van der Waals surface area contributed by atoms with Crippen molar-refractivity contribution in [2.45, 2.75) is 6.92 Å². The predicted octanol–water partition coefficient (Wildman–Crippen LogP) is 2.76. The fourth-order valence-corrected chi connectivity index (χ4v) is 1.33. The Hall–Kier alpha value is -2.03. The van der Waals surface area contributed by atoms with Crippen LogP contribution in [-0.2, 0) is 0 Å². The highest BCUT2D eigenvalue weighted by atomic mass is 16.5. The molecule has 15 heavy (non-hydrogen) atoms. The lowest BCUT2D eigenvalue weighted by atomic mass is 10.2. The van der Waals surface area contributed by atoms with Crippen LogP contribution in [0.2, 0.25) is 0 Å². The van der Waals surface area contributed by atoms with E-state index < -0.39 is 0 Å². The van der Waals surface area contributed by atoms with Gasteiger partial charge in [-0.05, 0) is 24.6 Å². The second kappa shape index (κ2) is 4.00. The van der Waals surface area contributed by atoms with Crippen molar-refractivity contribution in [2.75, 3.05) is 5.73 Å². The van der Waals surface area contributed by atoms with Crippen LogP contribution in [0.5, 0.6) is 11.6 Å². The number of benzene rings is 1. The molecule has 1 heterocycles. The average molecular weight is 200 g/mol. The fraction of sp³-hybridized carbons (Fsp3) is 0.0833. The highest BCUT2D eigenvalue weighted by Gasteiger charge is 2.05. The molecule has 3 heteroatoms. The third-order valence-corrected chi connectivity index (χ3v) is 2.09. The number of anilines is 1. The molecule has 2 rings (SSSR count). The van der Waals surface area contributed by atoms with Gasteiger partial charge >= 0.3 is 0 Å². The summed E-state index contributed by atoms with van der Waals surface area (Å²) >= 11 is 0. The van der Waals surface area contributed by atoms with E-state index in [0.717, 1.165) is 5.56 Å². The van der Waals surface area contributed by atoms with Crippen LogP contribution in [0.25, 0.3) is 0 Å². The molecular formula is C12H12N2O. The highest BCUT2D eigenvalue weighted by Crippen LogP contribution is 2.29. The first-order chi connectivity index (χ1) is 7.27. The van der Waals surface area contributed by atoms with Crippen LogP contribution in [0.15, 0.2) is 42.6 Å². The highest BCUT2D eigenvalue weighted by molar-refractivity contribution is 5.57. The van der Waals surface area contributed by atoms with Crippen LogP contribution >= 0.6 is 0 Å². The molecule has 0 saturated carbocycles. The van der Waals surface area contributed by atoms with E-state index in [1.165, 1.54) is 0 Å². The summed E-state index contributed by atoms with van der Waals surface area (Å²) in [5, 5.41) is 0. The Kier molecular flexibility index (Phi) is 2.54. The van der Waals surface area contributed by atoms with Gasteiger partial charge in [-0.3, -0.25) is 0 Å². The smallest absolute Gasteiger partial charge is 0.219 e. The standard InChI is InChI=1S/C12H12N2O/c1-9-5-4-6-10(13)12(9)15-11-7-2-3-8-14-11/h2-8H,13H2,1H3. The molecule has 0 bridgehead atoms. The topological polar surface area (TPSA) is 48.1 Å². The van der Waals surface area contributed by atoms with Gasteiger partial charge in [-0.1, -0.05) is 18.2 Å². The summed E-state index contributed by atoms with van der Waals surface area (Å²) in [7, 11) is 0. The quantitative estimate of drug-likeness (QED) is 0.758. The third-order valence-electron chi connectivity index (χ3n) is 2.09. The molecule has 0 aliphatic heterocycles. The van der Waals surface area contributed by atoms with Gasteiger partial charge in [-0.15, -0.1) is 0 Å². The van der Waals surface area contributed by atoms with E-state index in [9.17, 15) is 0 Å². The van der Waals surface area contributed by atoms with E-state index in [0.29, 0.717) is 17.3 Å². The van der Waals surface area contributed by atoms with E-state index in [4.69, 9.17) is 10.5 Å². The summed E-state index contributed by atoms with van der Waals surface area (Å²) in [4.78, 5) is 4.08. The number of hydrogen-bond donors (Lipinski definition) is 1. The molecule has 0 aliphatic rings. The van der Waals surface area contributed by atoms with Crippen molar-refractivity contribution in [3.63, 3.8) is 0 Å². The van der Waals surface area contributed by atoms with Crippen LogP contribution in [0.4, 0.5) is 5.69 Å². The maximum absolute atomic E-state index is 5.82. The zero-order chi connectivity index (χ0) is 10.7. The summed E-state index contributed by atoms with van der Waals surface area (Å²) in [5.41, 5.74) is 7.44. The van der Waals surface area contributed by atoms with Crippen molar-refractivity contribution < 1.29 is 4.74 Å². The Bertz CT molecular complexity index is 434. The molecule has 2 aromatic rings. The minimum atomic E-state index is 0.554. The summed E-state index contributed by atoms with van der Waals surface area (Å²) in [6.07, 6.45) is 1.68. The molecular weight excluding hydrogens is 188 g/mol. The minimum Gasteiger partial charge on any atom is -0.437 e. The average Bonchev–Trinajstić information content (AvgIpc) is 2.25. The lowest BCUT2D eigenvalue weighted by Crippen LogP contribution is -1.95. The van der Waals surface area contributed by atoms with E-state index in [1.54, 1.807) is 12.3 Å². The molecule has 76 valence electrons. The Labute approximate surface area is 88.5 Å². The molecule has 0 atom stereocenters. The molecule has 0 saturated heterocycles. The van der Waals surface area contributed by atoms with Crippen LogP contribution in [-0.4, -0.2) is 4.98 Å². The van der Waals surface area contributed by atoms with Crippen LogP contribution in [0, 0.1) is 6.92 Å². The Morgan fingerprint density at radius 1 is 1.13 bits per heavy atom. The van der Waals surface area contributed by atoms with Gasteiger partial charge in [0, 0.05) is 12.3 Å². The number of aryl methyl sites for hydroxylation is 1. The van der Waals surface area contributed by atoms with Crippen LogP contribution < -0.4 is 10.5 Å². The SMILES string of the molecule is Cc1cccc(N)c1Oc1ccccn1.